The van der Waals surface area contributed by atoms with Gasteiger partial charge in [-0.3, -0.25) is 0 Å². The normalized spacial score (nSPS) is 13.8. The lowest BCUT2D eigenvalue weighted by atomic mass is 10.0. The zero-order valence-corrected chi connectivity index (χ0v) is 12.1. The van der Waals surface area contributed by atoms with Crippen molar-refractivity contribution in [2.75, 3.05) is 12.5 Å². The van der Waals surface area contributed by atoms with Crippen LogP contribution in [0.5, 0.6) is 5.75 Å². The number of alkyl halides is 1. The average Bonchev–Trinajstić information content (AvgIpc) is 3.30. The SMILES string of the molecule is ClCCC#Cc1c(OCC2CC2)ccc2ccccc12. The molecule has 0 heterocycles. The van der Waals surface area contributed by atoms with Crippen LogP contribution in [0.15, 0.2) is 36.4 Å². The number of hydrogen-bond acceptors (Lipinski definition) is 1. The standard InChI is InChI=1S/C18H17ClO/c19-12-4-3-7-17-16-6-2-1-5-15(16)10-11-18(17)20-13-14-8-9-14/h1-2,5-6,10-11,14H,4,8-9,12-13H2. The van der Waals surface area contributed by atoms with E-state index in [-0.39, 0.29) is 0 Å². The molecule has 0 radical (unpaired) electrons. The lowest BCUT2D eigenvalue weighted by Crippen LogP contribution is -2.01. The van der Waals surface area contributed by atoms with Crippen molar-refractivity contribution < 1.29 is 4.74 Å². The fourth-order valence-corrected chi connectivity index (χ4v) is 2.29. The summed E-state index contributed by atoms with van der Waals surface area (Å²) in [5, 5.41) is 2.35. The molecule has 0 atom stereocenters. The molecule has 0 aliphatic heterocycles. The van der Waals surface area contributed by atoms with Gasteiger partial charge in [0.15, 0.2) is 0 Å². The van der Waals surface area contributed by atoms with Crippen molar-refractivity contribution in [1.82, 2.24) is 0 Å². The predicted octanol–water partition coefficient (Wildman–Crippen LogP) is 4.61. The van der Waals surface area contributed by atoms with Crippen molar-refractivity contribution in [3.63, 3.8) is 0 Å². The molecule has 1 fully saturated rings. The van der Waals surface area contributed by atoms with Crippen LogP contribution in [0.1, 0.15) is 24.8 Å². The van der Waals surface area contributed by atoms with Gasteiger partial charge in [0.25, 0.3) is 0 Å². The highest BCUT2D eigenvalue weighted by Crippen LogP contribution is 2.32. The summed E-state index contributed by atoms with van der Waals surface area (Å²) in [6.45, 7) is 0.808. The molecule has 0 saturated heterocycles. The minimum atomic E-state index is 0.566. The quantitative estimate of drug-likeness (QED) is 0.588. The fourth-order valence-electron chi connectivity index (χ4n) is 2.19. The van der Waals surface area contributed by atoms with Crippen LogP contribution in [0.25, 0.3) is 10.8 Å². The van der Waals surface area contributed by atoms with Gasteiger partial charge in [0.2, 0.25) is 0 Å². The first-order valence-electron chi connectivity index (χ1n) is 7.08. The summed E-state index contributed by atoms with van der Waals surface area (Å²) in [5.74, 6) is 8.57. The molecular formula is C18H17ClO. The van der Waals surface area contributed by atoms with E-state index in [0.717, 1.165) is 29.2 Å². The average molecular weight is 285 g/mol. The second kappa shape index (κ2) is 6.20. The Kier molecular flexibility index (Phi) is 4.14. The van der Waals surface area contributed by atoms with Crippen LogP contribution in [-0.4, -0.2) is 12.5 Å². The van der Waals surface area contributed by atoms with E-state index in [1.54, 1.807) is 0 Å². The van der Waals surface area contributed by atoms with Crippen molar-refractivity contribution in [3.8, 4) is 17.6 Å². The summed E-state index contributed by atoms with van der Waals surface area (Å²) >= 11 is 5.70. The van der Waals surface area contributed by atoms with Gasteiger partial charge in [0, 0.05) is 17.7 Å². The Hall–Kier alpha value is -1.65. The smallest absolute Gasteiger partial charge is 0.135 e. The maximum atomic E-state index is 5.96. The second-order valence-electron chi connectivity index (χ2n) is 5.15. The second-order valence-corrected chi connectivity index (χ2v) is 5.53. The Labute approximate surface area is 124 Å². The highest BCUT2D eigenvalue weighted by atomic mass is 35.5. The maximum Gasteiger partial charge on any atom is 0.135 e. The van der Waals surface area contributed by atoms with E-state index in [4.69, 9.17) is 16.3 Å². The first kappa shape index (κ1) is 13.3. The van der Waals surface area contributed by atoms with Crippen molar-refractivity contribution in [3.05, 3.63) is 42.0 Å². The van der Waals surface area contributed by atoms with E-state index in [1.807, 2.05) is 18.2 Å². The van der Waals surface area contributed by atoms with Crippen LogP contribution in [0.2, 0.25) is 0 Å². The molecule has 102 valence electrons. The van der Waals surface area contributed by atoms with Crippen LogP contribution in [-0.2, 0) is 0 Å². The molecular weight excluding hydrogens is 268 g/mol. The summed E-state index contributed by atoms with van der Waals surface area (Å²) < 4.78 is 5.96. The molecule has 0 aromatic heterocycles. The summed E-state index contributed by atoms with van der Waals surface area (Å²) in [6, 6.07) is 12.4. The molecule has 1 aliphatic carbocycles. The van der Waals surface area contributed by atoms with E-state index in [9.17, 15) is 0 Å². The van der Waals surface area contributed by atoms with Gasteiger partial charge in [-0.2, -0.15) is 0 Å². The van der Waals surface area contributed by atoms with Gasteiger partial charge in [-0.25, -0.2) is 0 Å². The molecule has 1 nitrogen and oxygen atoms in total. The summed E-state index contributed by atoms with van der Waals surface area (Å²) in [5.41, 5.74) is 0.994. The van der Waals surface area contributed by atoms with Crippen LogP contribution >= 0.6 is 11.6 Å². The molecule has 1 saturated carbocycles. The Morgan fingerprint density at radius 2 is 2.00 bits per heavy atom. The third-order valence-corrected chi connectivity index (χ3v) is 3.68. The van der Waals surface area contributed by atoms with E-state index in [0.29, 0.717) is 12.3 Å². The Bertz CT molecular complexity index is 662. The number of benzene rings is 2. The minimum absolute atomic E-state index is 0.566. The molecule has 0 amide bonds. The molecule has 20 heavy (non-hydrogen) atoms. The molecule has 2 heteroatoms. The molecule has 0 unspecified atom stereocenters. The lowest BCUT2D eigenvalue weighted by Gasteiger charge is -2.10. The third-order valence-electron chi connectivity index (χ3n) is 3.50. The van der Waals surface area contributed by atoms with Gasteiger partial charge < -0.3 is 4.74 Å². The molecule has 2 aromatic rings. The molecule has 3 rings (SSSR count). The Morgan fingerprint density at radius 3 is 2.80 bits per heavy atom. The zero-order chi connectivity index (χ0) is 13.8. The third kappa shape index (κ3) is 3.08. The summed E-state index contributed by atoms with van der Waals surface area (Å²) in [4.78, 5) is 0. The Balaban J connectivity index is 1.98. The van der Waals surface area contributed by atoms with Gasteiger partial charge in [-0.15, -0.1) is 11.6 Å². The van der Waals surface area contributed by atoms with Crippen LogP contribution in [0, 0.1) is 17.8 Å². The summed E-state index contributed by atoms with van der Waals surface area (Å²) in [7, 11) is 0. The minimum Gasteiger partial charge on any atom is -0.492 e. The van der Waals surface area contributed by atoms with Crippen molar-refractivity contribution in [2.24, 2.45) is 5.92 Å². The number of halogens is 1. The molecule has 1 aliphatic rings. The zero-order valence-electron chi connectivity index (χ0n) is 11.4. The topological polar surface area (TPSA) is 9.23 Å². The van der Waals surface area contributed by atoms with Gasteiger partial charge >= 0.3 is 0 Å². The molecule has 0 N–H and O–H groups in total. The van der Waals surface area contributed by atoms with E-state index in [1.165, 1.54) is 18.2 Å². The highest BCUT2D eigenvalue weighted by Gasteiger charge is 2.22. The fraction of sp³-hybridized carbons (Fsp3) is 0.333. The van der Waals surface area contributed by atoms with Gasteiger partial charge in [-0.05, 0) is 30.2 Å². The number of hydrogen-bond donors (Lipinski definition) is 0. The lowest BCUT2D eigenvalue weighted by molar-refractivity contribution is 0.299. The first-order valence-corrected chi connectivity index (χ1v) is 7.61. The van der Waals surface area contributed by atoms with Gasteiger partial charge in [-0.1, -0.05) is 42.2 Å². The van der Waals surface area contributed by atoms with Gasteiger partial charge in [0.1, 0.15) is 5.75 Å². The number of ether oxygens (including phenoxy) is 1. The van der Waals surface area contributed by atoms with Crippen molar-refractivity contribution in [2.45, 2.75) is 19.3 Å². The number of rotatable bonds is 4. The van der Waals surface area contributed by atoms with Gasteiger partial charge in [0.05, 0.1) is 12.2 Å². The van der Waals surface area contributed by atoms with Crippen LogP contribution in [0.3, 0.4) is 0 Å². The highest BCUT2D eigenvalue weighted by molar-refractivity contribution is 6.18. The molecule has 2 aromatic carbocycles. The largest absolute Gasteiger partial charge is 0.492 e. The Morgan fingerprint density at radius 1 is 1.15 bits per heavy atom. The summed E-state index contributed by atoms with van der Waals surface area (Å²) in [6.07, 6.45) is 3.29. The monoisotopic (exact) mass is 284 g/mol. The van der Waals surface area contributed by atoms with Crippen LogP contribution < -0.4 is 4.74 Å². The maximum absolute atomic E-state index is 5.96. The van der Waals surface area contributed by atoms with E-state index in [2.05, 4.69) is 30.0 Å². The number of fused-ring (bicyclic) bond motifs is 1. The van der Waals surface area contributed by atoms with E-state index >= 15 is 0 Å². The molecule has 0 bridgehead atoms. The molecule has 0 spiro atoms. The van der Waals surface area contributed by atoms with Crippen molar-refractivity contribution >= 4 is 22.4 Å². The van der Waals surface area contributed by atoms with Crippen molar-refractivity contribution in [1.29, 1.82) is 0 Å². The van der Waals surface area contributed by atoms with Crippen LogP contribution in [0.4, 0.5) is 0 Å². The van der Waals surface area contributed by atoms with E-state index < -0.39 is 0 Å². The predicted molar refractivity (Wildman–Crippen MR) is 84.4 cm³/mol. The first-order chi connectivity index (χ1) is 9.88.